The van der Waals surface area contributed by atoms with Crippen molar-refractivity contribution < 1.29 is 4.42 Å². The van der Waals surface area contributed by atoms with Gasteiger partial charge in [-0.1, -0.05) is 6.92 Å². The van der Waals surface area contributed by atoms with E-state index in [2.05, 4.69) is 17.0 Å². The lowest BCUT2D eigenvalue weighted by molar-refractivity contribution is 0.514. The van der Waals surface area contributed by atoms with Crippen LogP contribution in [0.1, 0.15) is 18.5 Å². The molecule has 0 spiro atoms. The molecule has 2 aromatic heterocycles. The van der Waals surface area contributed by atoms with Crippen LogP contribution in [0.15, 0.2) is 16.8 Å². The molecule has 0 fully saturated rings. The third-order valence-corrected chi connectivity index (χ3v) is 2.56. The smallest absolute Gasteiger partial charge is 0.196 e. The third kappa shape index (κ3) is 2.11. The summed E-state index contributed by atoms with van der Waals surface area (Å²) >= 11 is 5.64. The SMILES string of the molecule is CCc1nn(C)cc1-c1cnc(CCCl)o1. The molecule has 0 aromatic carbocycles. The minimum Gasteiger partial charge on any atom is -0.441 e. The second-order valence-corrected chi connectivity index (χ2v) is 3.95. The van der Waals surface area contributed by atoms with Gasteiger partial charge in [-0.05, 0) is 6.42 Å². The molecular formula is C11H14ClN3O. The van der Waals surface area contributed by atoms with Crippen molar-refractivity contribution in [2.75, 3.05) is 5.88 Å². The number of hydrogen-bond donors (Lipinski definition) is 0. The van der Waals surface area contributed by atoms with Gasteiger partial charge in [-0.25, -0.2) is 4.98 Å². The quantitative estimate of drug-likeness (QED) is 0.770. The highest BCUT2D eigenvalue weighted by atomic mass is 35.5. The normalized spacial score (nSPS) is 10.9. The van der Waals surface area contributed by atoms with E-state index in [-0.39, 0.29) is 0 Å². The number of aryl methyl sites for hydroxylation is 3. The third-order valence-electron chi connectivity index (χ3n) is 2.37. The number of alkyl halides is 1. The lowest BCUT2D eigenvalue weighted by Crippen LogP contribution is -1.89. The summed E-state index contributed by atoms with van der Waals surface area (Å²) in [6.07, 6.45) is 5.22. The van der Waals surface area contributed by atoms with Gasteiger partial charge in [-0.3, -0.25) is 4.68 Å². The number of oxazole rings is 1. The summed E-state index contributed by atoms with van der Waals surface area (Å²) < 4.78 is 7.41. The highest BCUT2D eigenvalue weighted by Gasteiger charge is 2.12. The van der Waals surface area contributed by atoms with E-state index in [0.717, 1.165) is 23.4 Å². The van der Waals surface area contributed by atoms with Crippen molar-refractivity contribution in [2.24, 2.45) is 7.05 Å². The first-order valence-corrected chi connectivity index (χ1v) is 5.81. The van der Waals surface area contributed by atoms with Gasteiger partial charge in [0.05, 0.1) is 17.5 Å². The molecule has 2 aromatic rings. The van der Waals surface area contributed by atoms with E-state index < -0.39 is 0 Å². The Morgan fingerprint density at radius 2 is 2.31 bits per heavy atom. The molecule has 0 atom stereocenters. The van der Waals surface area contributed by atoms with Gasteiger partial charge in [-0.15, -0.1) is 11.6 Å². The van der Waals surface area contributed by atoms with Crippen LogP contribution in [0.3, 0.4) is 0 Å². The Hall–Kier alpha value is -1.29. The molecular weight excluding hydrogens is 226 g/mol. The van der Waals surface area contributed by atoms with E-state index in [9.17, 15) is 0 Å². The predicted molar refractivity (Wildman–Crippen MR) is 62.5 cm³/mol. The fraction of sp³-hybridized carbons (Fsp3) is 0.455. The van der Waals surface area contributed by atoms with E-state index in [4.69, 9.17) is 16.0 Å². The molecule has 2 heterocycles. The van der Waals surface area contributed by atoms with Gasteiger partial charge in [0.1, 0.15) is 0 Å². The molecule has 0 aliphatic carbocycles. The Kier molecular flexibility index (Phi) is 3.29. The van der Waals surface area contributed by atoms with Crippen LogP contribution >= 0.6 is 11.6 Å². The largest absolute Gasteiger partial charge is 0.441 e. The molecule has 0 saturated heterocycles. The lowest BCUT2D eigenvalue weighted by atomic mass is 10.2. The van der Waals surface area contributed by atoms with Gasteiger partial charge in [-0.2, -0.15) is 5.10 Å². The van der Waals surface area contributed by atoms with Crippen LogP contribution in [0.2, 0.25) is 0 Å². The molecule has 5 heteroatoms. The molecule has 0 amide bonds. The molecule has 0 bridgehead atoms. The van der Waals surface area contributed by atoms with Crippen molar-refractivity contribution in [3.8, 4) is 11.3 Å². The Labute approximate surface area is 99.2 Å². The van der Waals surface area contributed by atoms with Gasteiger partial charge in [0.15, 0.2) is 11.7 Å². The number of aromatic nitrogens is 3. The second kappa shape index (κ2) is 4.70. The fourth-order valence-corrected chi connectivity index (χ4v) is 1.79. The van der Waals surface area contributed by atoms with E-state index in [1.165, 1.54) is 0 Å². The maximum Gasteiger partial charge on any atom is 0.196 e. The molecule has 0 saturated carbocycles. The van der Waals surface area contributed by atoms with Crippen LogP contribution in [0.5, 0.6) is 0 Å². The second-order valence-electron chi connectivity index (χ2n) is 3.57. The van der Waals surface area contributed by atoms with Crippen molar-refractivity contribution in [3.63, 3.8) is 0 Å². The first kappa shape index (κ1) is 11.2. The van der Waals surface area contributed by atoms with E-state index in [1.54, 1.807) is 10.9 Å². The highest BCUT2D eigenvalue weighted by molar-refractivity contribution is 6.17. The summed E-state index contributed by atoms with van der Waals surface area (Å²) in [6, 6.07) is 0. The molecule has 86 valence electrons. The summed E-state index contributed by atoms with van der Waals surface area (Å²) in [6.45, 7) is 2.07. The van der Waals surface area contributed by atoms with Crippen LogP contribution < -0.4 is 0 Å². The van der Waals surface area contributed by atoms with Crippen molar-refractivity contribution in [1.29, 1.82) is 0 Å². The van der Waals surface area contributed by atoms with Crippen molar-refractivity contribution in [2.45, 2.75) is 19.8 Å². The minimum absolute atomic E-state index is 0.521. The summed E-state index contributed by atoms with van der Waals surface area (Å²) in [4.78, 5) is 4.18. The first-order valence-electron chi connectivity index (χ1n) is 5.28. The lowest BCUT2D eigenvalue weighted by Gasteiger charge is -1.93. The van der Waals surface area contributed by atoms with Crippen molar-refractivity contribution >= 4 is 11.6 Å². The van der Waals surface area contributed by atoms with E-state index in [1.807, 2.05) is 13.2 Å². The Balaban J connectivity index is 2.34. The van der Waals surface area contributed by atoms with Gasteiger partial charge < -0.3 is 4.42 Å². The number of nitrogens with zero attached hydrogens (tertiary/aromatic N) is 3. The zero-order chi connectivity index (χ0) is 11.5. The van der Waals surface area contributed by atoms with Crippen LogP contribution in [-0.4, -0.2) is 20.6 Å². The summed E-state index contributed by atoms with van der Waals surface area (Å²) in [5.74, 6) is 1.97. The number of halogens is 1. The zero-order valence-electron chi connectivity index (χ0n) is 9.40. The average molecular weight is 240 g/mol. The first-order chi connectivity index (χ1) is 7.74. The molecule has 0 N–H and O–H groups in total. The van der Waals surface area contributed by atoms with E-state index in [0.29, 0.717) is 18.2 Å². The molecule has 4 nitrogen and oxygen atoms in total. The Bertz CT molecular complexity index is 475. The van der Waals surface area contributed by atoms with Crippen molar-refractivity contribution in [1.82, 2.24) is 14.8 Å². The Morgan fingerprint density at radius 3 is 3.00 bits per heavy atom. The zero-order valence-corrected chi connectivity index (χ0v) is 10.2. The minimum atomic E-state index is 0.521. The summed E-state index contributed by atoms with van der Waals surface area (Å²) in [7, 11) is 1.90. The van der Waals surface area contributed by atoms with Crippen LogP contribution in [0.25, 0.3) is 11.3 Å². The molecule has 0 radical (unpaired) electrons. The molecule has 2 rings (SSSR count). The number of hydrogen-bond acceptors (Lipinski definition) is 3. The topological polar surface area (TPSA) is 43.9 Å². The highest BCUT2D eigenvalue weighted by Crippen LogP contribution is 2.24. The van der Waals surface area contributed by atoms with Crippen LogP contribution in [0.4, 0.5) is 0 Å². The van der Waals surface area contributed by atoms with Crippen LogP contribution in [-0.2, 0) is 19.9 Å². The Morgan fingerprint density at radius 1 is 1.50 bits per heavy atom. The molecule has 0 aliphatic rings. The molecule has 16 heavy (non-hydrogen) atoms. The van der Waals surface area contributed by atoms with Crippen molar-refractivity contribution in [3.05, 3.63) is 24.0 Å². The van der Waals surface area contributed by atoms with Gasteiger partial charge in [0.2, 0.25) is 0 Å². The molecule has 0 aliphatic heterocycles. The summed E-state index contributed by atoms with van der Waals surface area (Å²) in [5.41, 5.74) is 2.04. The standard InChI is InChI=1S/C11H14ClN3O/c1-3-9-8(7-15(2)14-9)10-6-13-11(16-10)4-5-12/h6-7H,3-5H2,1-2H3. The van der Waals surface area contributed by atoms with Gasteiger partial charge >= 0.3 is 0 Å². The average Bonchev–Trinajstić information content (AvgIpc) is 2.85. The van der Waals surface area contributed by atoms with Crippen LogP contribution in [0, 0.1) is 0 Å². The van der Waals surface area contributed by atoms with Gasteiger partial charge in [0.25, 0.3) is 0 Å². The number of rotatable bonds is 4. The fourth-order valence-electron chi connectivity index (χ4n) is 1.63. The van der Waals surface area contributed by atoms with Gasteiger partial charge in [0, 0.05) is 25.5 Å². The maximum absolute atomic E-state index is 5.64. The predicted octanol–water partition coefficient (Wildman–Crippen LogP) is 2.42. The molecule has 0 unspecified atom stereocenters. The summed E-state index contributed by atoms with van der Waals surface area (Å²) in [5, 5.41) is 4.36. The monoisotopic (exact) mass is 239 g/mol. The van der Waals surface area contributed by atoms with E-state index >= 15 is 0 Å². The maximum atomic E-state index is 5.64.